The molecule has 2 fully saturated rings. The van der Waals surface area contributed by atoms with Crippen molar-refractivity contribution in [2.45, 2.75) is 17.7 Å². The average molecular weight is 512 g/mol. The molecule has 0 spiro atoms. The van der Waals surface area contributed by atoms with E-state index >= 15 is 0 Å². The van der Waals surface area contributed by atoms with Gasteiger partial charge in [0.1, 0.15) is 5.75 Å². The van der Waals surface area contributed by atoms with Crippen molar-refractivity contribution in [3.63, 3.8) is 0 Å². The molecule has 0 saturated carbocycles. The van der Waals surface area contributed by atoms with Crippen molar-refractivity contribution in [2.75, 3.05) is 51.3 Å². The predicted octanol–water partition coefficient (Wildman–Crippen LogP) is 3.75. The van der Waals surface area contributed by atoms with Crippen LogP contribution in [0.1, 0.15) is 12.8 Å². The maximum atomic E-state index is 13.1. The van der Waals surface area contributed by atoms with Crippen molar-refractivity contribution in [1.29, 1.82) is 0 Å². The number of ether oxygens (including phenoxy) is 1. The van der Waals surface area contributed by atoms with Crippen LogP contribution in [0.15, 0.2) is 47.4 Å². The van der Waals surface area contributed by atoms with E-state index in [1.165, 1.54) is 23.5 Å². The first-order chi connectivity index (χ1) is 15.8. The SMILES string of the molecule is COc1ccc(S(=O)(=O)N2CCC(C(=O)N3CCN(c4cccc(Cl)c4)CC3)CC2)cc1Cl. The van der Waals surface area contributed by atoms with Crippen LogP contribution in [0.2, 0.25) is 10.0 Å². The van der Waals surface area contributed by atoms with Crippen molar-refractivity contribution in [1.82, 2.24) is 9.21 Å². The number of carbonyl (C=O) groups is 1. The van der Waals surface area contributed by atoms with E-state index in [1.807, 2.05) is 29.2 Å². The smallest absolute Gasteiger partial charge is 0.243 e. The number of nitrogens with zero attached hydrogens (tertiary/aromatic N) is 3. The van der Waals surface area contributed by atoms with E-state index < -0.39 is 10.0 Å². The molecule has 2 aromatic rings. The van der Waals surface area contributed by atoms with Crippen LogP contribution in [0.25, 0.3) is 0 Å². The molecule has 0 aromatic heterocycles. The van der Waals surface area contributed by atoms with Gasteiger partial charge in [-0.25, -0.2) is 8.42 Å². The number of carbonyl (C=O) groups excluding carboxylic acids is 1. The summed E-state index contributed by atoms with van der Waals surface area (Å²) in [5.41, 5.74) is 1.06. The Balaban J connectivity index is 1.32. The second-order valence-electron chi connectivity index (χ2n) is 8.27. The minimum Gasteiger partial charge on any atom is -0.495 e. The summed E-state index contributed by atoms with van der Waals surface area (Å²) < 4.78 is 32.6. The molecule has 0 aliphatic carbocycles. The summed E-state index contributed by atoms with van der Waals surface area (Å²) in [5.74, 6) is 0.384. The molecule has 1 amide bonds. The van der Waals surface area contributed by atoms with Crippen LogP contribution in [-0.2, 0) is 14.8 Å². The summed E-state index contributed by atoms with van der Waals surface area (Å²) in [4.78, 5) is 17.3. The number of benzene rings is 2. The zero-order chi connectivity index (χ0) is 23.6. The first-order valence-corrected chi connectivity index (χ1v) is 13.1. The van der Waals surface area contributed by atoms with E-state index in [0.29, 0.717) is 49.8 Å². The van der Waals surface area contributed by atoms with Crippen molar-refractivity contribution >= 4 is 44.8 Å². The molecular weight excluding hydrogens is 485 g/mol. The second-order valence-corrected chi connectivity index (χ2v) is 11.0. The maximum absolute atomic E-state index is 13.1. The summed E-state index contributed by atoms with van der Waals surface area (Å²) in [5, 5.41) is 0.949. The van der Waals surface area contributed by atoms with Crippen LogP contribution in [0.3, 0.4) is 0 Å². The molecule has 4 rings (SSSR count). The Kier molecular flexibility index (Phi) is 7.38. The molecule has 2 saturated heterocycles. The molecule has 2 aliphatic rings. The van der Waals surface area contributed by atoms with Crippen molar-refractivity contribution in [3.05, 3.63) is 52.5 Å². The molecule has 0 unspecified atom stereocenters. The largest absolute Gasteiger partial charge is 0.495 e. The van der Waals surface area contributed by atoms with Gasteiger partial charge in [0.05, 0.1) is 17.0 Å². The van der Waals surface area contributed by atoms with Gasteiger partial charge in [-0.1, -0.05) is 29.3 Å². The Morgan fingerprint density at radius 1 is 0.970 bits per heavy atom. The summed E-state index contributed by atoms with van der Waals surface area (Å²) in [7, 11) is -2.19. The summed E-state index contributed by atoms with van der Waals surface area (Å²) in [6.45, 7) is 3.41. The molecular formula is C23H27Cl2N3O4S. The van der Waals surface area contributed by atoms with Gasteiger partial charge in [-0.3, -0.25) is 4.79 Å². The van der Waals surface area contributed by atoms with Gasteiger partial charge in [-0.05, 0) is 49.2 Å². The zero-order valence-corrected chi connectivity index (χ0v) is 20.7. The van der Waals surface area contributed by atoms with Crippen LogP contribution in [0, 0.1) is 5.92 Å². The highest BCUT2D eigenvalue weighted by Crippen LogP contribution is 2.31. The van der Waals surface area contributed by atoms with E-state index in [0.717, 1.165) is 18.8 Å². The Morgan fingerprint density at radius 2 is 1.67 bits per heavy atom. The van der Waals surface area contributed by atoms with Gasteiger partial charge in [0.15, 0.2) is 0 Å². The fourth-order valence-corrected chi connectivity index (χ4v) is 6.42. The second kappa shape index (κ2) is 10.1. The fourth-order valence-electron chi connectivity index (χ4n) is 4.42. The number of rotatable bonds is 5. The number of sulfonamides is 1. The lowest BCUT2D eigenvalue weighted by Crippen LogP contribution is -2.52. The molecule has 2 aliphatic heterocycles. The third kappa shape index (κ3) is 5.24. The first-order valence-electron chi connectivity index (χ1n) is 10.9. The molecule has 7 nitrogen and oxygen atoms in total. The number of methoxy groups -OCH3 is 1. The van der Waals surface area contributed by atoms with E-state index in [-0.39, 0.29) is 21.7 Å². The lowest BCUT2D eigenvalue weighted by Gasteiger charge is -2.39. The molecule has 0 atom stereocenters. The zero-order valence-electron chi connectivity index (χ0n) is 18.4. The van der Waals surface area contributed by atoms with Gasteiger partial charge in [0.2, 0.25) is 15.9 Å². The van der Waals surface area contributed by atoms with E-state index in [1.54, 1.807) is 6.07 Å². The predicted molar refractivity (Wildman–Crippen MR) is 130 cm³/mol. The highest BCUT2D eigenvalue weighted by molar-refractivity contribution is 7.89. The minimum atomic E-state index is -3.67. The topological polar surface area (TPSA) is 70.2 Å². The normalized spacial score (nSPS) is 18.4. The highest BCUT2D eigenvalue weighted by atomic mass is 35.5. The lowest BCUT2D eigenvalue weighted by atomic mass is 9.96. The lowest BCUT2D eigenvalue weighted by molar-refractivity contribution is -0.137. The summed E-state index contributed by atoms with van der Waals surface area (Å²) >= 11 is 12.2. The number of hydrogen-bond donors (Lipinski definition) is 0. The third-order valence-electron chi connectivity index (χ3n) is 6.33. The Labute approximate surface area is 204 Å². The molecule has 178 valence electrons. The van der Waals surface area contributed by atoms with E-state index in [9.17, 15) is 13.2 Å². The number of piperazine rings is 1. The summed E-state index contributed by atoms with van der Waals surface area (Å²) in [6.07, 6.45) is 1.02. The molecule has 0 bridgehead atoms. The standard InChI is InChI=1S/C23H27Cl2N3O4S/c1-32-22-6-5-20(16-21(22)25)33(30,31)28-9-7-17(8-10-28)23(29)27-13-11-26(12-14-27)19-4-2-3-18(24)15-19/h2-6,15-17H,7-14H2,1H3. The first kappa shape index (κ1) is 24.1. The molecule has 0 N–H and O–H groups in total. The van der Waals surface area contributed by atoms with Crippen LogP contribution in [-0.4, -0.2) is 69.9 Å². The number of hydrogen-bond acceptors (Lipinski definition) is 5. The van der Waals surface area contributed by atoms with Gasteiger partial charge < -0.3 is 14.5 Å². The third-order valence-corrected chi connectivity index (χ3v) is 8.75. The van der Waals surface area contributed by atoms with Crippen molar-refractivity contribution < 1.29 is 17.9 Å². The average Bonchev–Trinajstić information content (AvgIpc) is 2.83. The van der Waals surface area contributed by atoms with Gasteiger partial charge in [0, 0.05) is 55.9 Å². The monoisotopic (exact) mass is 511 g/mol. The fraction of sp³-hybridized carbons (Fsp3) is 0.435. The molecule has 0 radical (unpaired) electrons. The van der Waals surface area contributed by atoms with Crippen LogP contribution >= 0.6 is 23.2 Å². The van der Waals surface area contributed by atoms with E-state index in [2.05, 4.69) is 4.90 Å². The van der Waals surface area contributed by atoms with Crippen molar-refractivity contribution in [3.8, 4) is 5.75 Å². The van der Waals surface area contributed by atoms with Gasteiger partial charge in [-0.15, -0.1) is 0 Å². The van der Waals surface area contributed by atoms with Gasteiger partial charge in [-0.2, -0.15) is 4.31 Å². The number of amides is 1. The summed E-state index contributed by atoms with van der Waals surface area (Å²) in [6, 6.07) is 12.2. The van der Waals surface area contributed by atoms with Crippen LogP contribution in [0.5, 0.6) is 5.75 Å². The molecule has 10 heteroatoms. The quantitative estimate of drug-likeness (QED) is 0.611. The number of halogens is 2. The Morgan fingerprint density at radius 3 is 2.27 bits per heavy atom. The van der Waals surface area contributed by atoms with Gasteiger partial charge in [0.25, 0.3) is 0 Å². The van der Waals surface area contributed by atoms with Crippen LogP contribution < -0.4 is 9.64 Å². The van der Waals surface area contributed by atoms with Crippen LogP contribution in [0.4, 0.5) is 5.69 Å². The minimum absolute atomic E-state index is 0.116. The Hall–Kier alpha value is -2.00. The maximum Gasteiger partial charge on any atom is 0.243 e. The number of anilines is 1. The molecule has 2 aromatic carbocycles. The molecule has 33 heavy (non-hydrogen) atoms. The molecule has 2 heterocycles. The van der Waals surface area contributed by atoms with Crippen molar-refractivity contribution in [2.24, 2.45) is 5.92 Å². The van der Waals surface area contributed by atoms with E-state index in [4.69, 9.17) is 27.9 Å². The van der Waals surface area contributed by atoms with Gasteiger partial charge >= 0.3 is 0 Å². The Bertz CT molecular complexity index is 1110. The number of piperidine rings is 1. The highest BCUT2D eigenvalue weighted by Gasteiger charge is 2.35.